The van der Waals surface area contributed by atoms with Gasteiger partial charge in [0.15, 0.2) is 0 Å². The molecular formula is C12H14FN3O3S. The number of carbonyl (C=O) groups is 1. The summed E-state index contributed by atoms with van der Waals surface area (Å²) in [6.07, 6.45) is 0. The van der Waals surface area contributed by atoms with Gasteiger partial charge in [-0.1, -0.05) is 27.4 Å². The van der Waals surface area contributed by atoms with Gasteiger partial charge in [0.05, 0.1) is 23.7 Å². The number of benzene rings is 1. The van der Waals surface area contributed by atoms with E-state index in [4.69, 9.17) is 0 Å². The molecule has 108 valence electrons. The van der Waals surface area contributed by atoms with Crippen LogP contribution in [0.15, 0.2) is 34.4 Å². The van der Waals surface area contributed by atoms with Gasteiger partial charge in [0.1, 0.15) is 0 Å². The van der Waals surface area contributed by atoms with Crippen LogP contribution in [-0.2, 0) is 10.0 Å². The van der Waals surface area contributed by atoms with Gasteiger partial charge in [0.2, 0.25) is 0 Å². The van der Waals surface area contributed by atoms with E-state index in [0.29, 0.717) is 4.31 Å². The Morgan fingerprint density at radius 2 is 1.80 bits per heavy atom. The third-order valence-corrected chi connectivity index (χ3v) is 4.75. The van der Waals surface area contributed by atoms with E-state index in [9.17, 15) is 17.7 Å². The van der Waals surface area contributed by atoms with Crippen molar-refractivity contribution in [1.29, 1.82) is 0 Å². The normalized spacial score (nSPS) is 18.8. The molecule has 20 heavy (non-hydrogen) atoms. The van der Waals surface area contributed by atoms with E-state index < -0.39 is 16.1 Å². The fraction of sp³-hybridized carbons (Fsp3) is 0.333. The fourth-order valence-corrected chi connectivity index (χ4v) is 3.29. The third kappa shape index (κ3) is 2.51. The van der Waals surface area contributed by atoms with Crippen molar-refractivity contribution < 1.29 is 17.7 Å². The van der Waals surface area contributed by atoms with E-state index in [1.807, 2.05) is 6.92 Å². The second-order valence-corrected chi connectivity index (χ2v) is 6.48. The summed E-state index contributed by atoms with van der Waals surface area (Å²) in [6, 6.07) is 5.40. The minimum atomic E-state index is -4.01. The quantitative estimate of drug-likeness (QED) is 0.828. The average Bonchev–Trinajstić information content (AvgIpc) is 2.42. The maximum Gasteiger partial charge on any atom is 0.334 e. The first kappa shape index (κ1) is 14.4. The van der Waals surface area contributed by atoms with Crippen molar-refractivity contribution in [3.8, 4) is 0 Å². The monoisotopic (exact) mass is 299 g/mol. The summed E-state index contributed by atoms with van der Waals surface area (Å²) in [7, 11) is -2.62. The molecule has 1 fully saturated rings. The molecule has 1 aliphatic heterocycles. The predicted octanol–water partition coefficient (Wildman–Crippen LogP) is 1.38. The Bertz CT molecular complexity index is 655. The Labute approximate surface area is 116 Å². The number of aryl methyl sites for hydroxylation is 1. The van der Waals surface area contributed by atoms with Crippen LogP contribution in [0.3, 0.4) is 0 Å². The van der Waals surface area contributed by atoms with E-state index in [1.165, 1.54) is 19.2 Å². The van der Waals surface area contributed by atoms with Gasteiger partial charge in [0, 0.05) is 7.05 Å². The summed E-state index contributed by atoms with van der Waals surface area (Å²) in [4.78, 5) is 13.1. The number of rotatable bonds is 2. The molecule has 1 heterocycles. The van der Waals surface area contributed by atoms with E-state index in [1.54, 1.807) is 12.1 Å². The molecule has 1 saturated heterocycles. The van der Waals surface area contributed by atoms with Crippen LogP contribution < -0.4 is 0 Å². The van der Waals surface area contributed by atoms with Crippen LogP contribution in [-0.4, -0.2) is 49.5 Å². The Morgan fingerprint density at radius 1 is 1.20 bits per heavy atom. The lowest BCUT2D eigenvalue weighted by atomic mass is 10.2. The summed E-state index contributed by atoms with van der Waals surface area (Å²) < 4.78 is 37.9. The average molecular weight is 299 g/mol. The molecule has 0 saturated carbocycles. The highest BCUT2D eigenvalue weighted by Gasteiger charge is 2.36. The molecule has 0 spiro atoms. The molecule has 0 atom stereocenters. The van der Waals surface area contributed by atoms with Crippen LogP contribution in [0.25, 0.3) is 0 Å². The lowest BCUT2D eigenvalue weighted by Gasteiger charge is -2.32. The van der Waals surface area contributed by atoms with Crippen molar-refractivity contribution in [1.82, 2.24) is 9.21 Å². The molecule has 6 nitrogen and oxygen atoms in total. The Balaban J connectivity index is 2.42. The number of urea groups is 1. The molecule has 2 amide bonds. The lowest BCUT2D eigenvalue weighted by Crippen LogP contribution is -2.54. The van der Waals surface area contributed by atoms with Gasteiger partial charge in [-0.2, -0.15) is 0 Å². The maximum absolute atomic E-state index is 12.4. The standard InChI is InChI=1S/C12H14FN3O3S/c1-9-3-5-11(6-4-9)20(18,19)16-8-10(14-13)7-15(2)12(16)17/h3-6H,7-8H2,1-2H3. The van der Waals surface area contributed by atoms with Crippen LogP contribution in [0.2, 0.25) is 0 Å². The number of nitrogens with zero attached hydrogens (tertiary/aromatic N) is 3. The third-order valence-electron chi connectivity index (χ3n) is 3.01. The van der Waals surface area contributed by atoms with Crippen molar-refractivity contribution in [3.63, 3.8) is 0 Å². The zero-order valence-electron chi connectivity index (χ0n) is 11.1. The van der Waals surface area contributed by atoms with E-state index >= 15 is 0 Å². The highest BCUT2D eigenvalue weighted by atomic mass is 32.2. The number of sulfonamides is 1. The smallest absolute Gasteiger partial charge is 0.321 e. The second kappa shape index (κ2) is 5.20. The van der Waals surface area contributed by atoms with Gasteiger partial charge in [-0.3, -0.25) is 0 Å². The minimum Gasteiger partial charge on any atom is -0.321 e. The highest BCUT2D eigenvalue weighted by molar-refractivity contribution is 7.89. The number of halogens is 1. The molecule has 0 bridgehead atoms. The summed E-state index contributed by atoms with van der Waals surface area (Å²) >= 11 is 0. The fourth-order valence-electron chi connectivity index (χ4n) is 1.89. The van der Waals surface area contributed by atoms with Crippen molar-refractivity contribution in [2.45, 2.75) is 11.8 Å². The molecule has 1 aromatic carbocycles. The summed E-state index contributed by atoms with van der Waals surface area (Å²) in [5.41, 5.74) is 0.889. The van der Waals surface area contributed by atoms with Crippen LogP contribution in [0.4, 0.5) is 9.28 Å². The van der Waals surface area contributed by atoms with Crippen LogP contribution in [0.5, 0.6) is 0 Å². The molecule has 0 aromatic heterocycles. The van der Waals surface area contributed by atoms with Crippen molar-refractivity contribution in [2.24, 2.45) is 5.21 Å². The topological polar surface area (TPSA) is 70.1 Å². The van der Waals surface area contributed by atoms with E-state index in [2.05, 4.69) is 5.21 Å². The summed E-state index contributed by atoms with van der Waals surface area (Å²) in [5.74, 6) is 0. The molecule has 1 aromatic rings. The van der Waals surface area contributed by atoms with Crippen molar-refractivity contribution >= 4 is 21.8 Å². The Morgan fingerprint density at radius 3 is 2.35 bits per heavy atom. The van der Waals surface area contributed by atoms with Gasteiger partial charge in [-0.25, -0.2) is 17.5 Å². The maximum atomic E-state index is 12.4. The lowest BCUT2D eigenvalue weighted by molar-refractivity contribution is 0.191. The number of hydrogen-bond acceptors (Lipinski definition) is 4. The van der Waals surface area contributed by atoms with Crippen LogP contribution >= 0.6 is 0 Å². The van der Waals surface area contributed by atoms with Gasteiger partial charge >= 0.3 is 6.03 Å². The zero-order valence-corrected chi connectivity index (χ0v) is 11.9. The second-order valence-electron chi connectivity index (χ2n) is 4.61. The van der Waals surface area contributed by atoms with Crippen molar-refractivity contribution in [2.75, 3.05) is 20.1 Å². The number of hydrogen-bond donors (Lipinski definition) is 0. The van der Waals surface area contributed by atoms with Crippen LogP contribution in [0, 0.1) is 6.92 Å². The molecule has 0 unspecified atom stereocenters. The number of carbonyl (C=O) groups excluding carboxylic acids is 1. The molecule has 0 radical (unpaired) electrons. The first-order valence-electron chi connectivity index (χ1n) is 5.87. The van der Waals surface area contributed by atoms with Gasteiger partial charge in [0.25, 0.3) is 10.0 Å². The predicted molar refractivity (Wildman–Crippen MR) is 71.6 cm³/mol. The first-order valence-corrected chi connectivity index (χ1v) is 7.31. The Hall–Kier alpha value is -1.96. The largest absolute Gasteiger partial charge is 0.334 e. The van der Waals surface area contributed by atoms with E-state index in [-0.39, 0.29) is 23.7 Å². The minimum absolute atomic E-state index is 0.00930. The zero-order chi connectivity index (χ0) is 14.9. The summed E-state index contributed by atoms with van der Waals surface area (Å²) in [6.45, 7) is 1.44. The molecule has 1 aliphatic rings. The first-order chi connectivity index (χ1) is 9.36. The molecule has 2 rings (SSSR count). The molecule has 8 heteroatoms. The summed E-state index contributed by atoms with van der Waals surface area (Å²) in [5, 5.41) is 2.52. The van der Waals surface area contributed by atoms with Crippen LogP contribution in [0.1, 0.15) is 5.56 Å². The number of amides is 2. The van der Waals surface area contributed by atoms with E-state index in [0.717, 1.165) is 10.5 Å². The molecular weight excluding hydrogens is 285 g/mol. The highest BCUT2D eigenvalue weighted by Crippen LogP contribution is 2.20. The van der Waals surface area contributed by atoms with Gasteiger partial charge < -0.3 is 4.90 Å². The Kier molecular flexibility index (Phi) is 3.76. The SMILES string of the molecule is Cc1ccc(S(=O)(=O)N2CC(=NF)CN(C)C2=O)cc1. The van der Waals surface area contributed by atoms with Crippen molar-refractivity contribution in [3.05, 3.63) is 29.8 Å². The molecule has 0 aliphatic carbocycles. The van der Waals surface area contributed by atoms with Gasteiger partial charge in [-0.15, -0.1) is 0 Å². The molecule has 0 N–H and O–H groups in total. The van der Waals surface area contributed by atoms with Gasteiger partial charge in [-0.05, 0) is 19.1 Å².